The van der Waals surface area contributed by atoms with E-state index in [1.807, 2.05) is 0 Å². The molecule has 2 unspecified atom stereocenters. The molecule has 3 N–H and O–H groups in total. The maximum Gasteiger partial charge on any atom is 0.472 e. The van der Waals surface area contributed by atoms with Crippen molar-refractivity contribution in [3.63, 3.8) is 0 Å². The highest BCUT2D eigenvalue weighted by molar-refractivity contribution is 7.47. The molecule has 0 rings (SSSR count). The number of hydrogen-bond donors (Lipinski definition) is 3. The lowest BCUT2D eigenvalue weighted by Gasteiger charge is -2.21. The SMILES string of the molecule is CCCCCCCCCCCCC(=O)O[C@H](COC(=O)CCCCCCC)COP(=O)(O)OC[C@H](O)COP(=O)(O)OC[C@@H](COC(=O)CCCCCCCCCC(C)C)OC(=O)CCCCCCCCCCCC(C)C. The van der Waals surface area contributed by atoms with Gasteiger partial charge in [0, 0.05) is 25.7 Å². The minimum Gasteiger partial charge on any atom is -0.462 e. The summed E-state index contributed by atoms with van der Waals surface area (Å²) >= 11 is 0. The third kappa shape index (κ3) is 53.2. The van der Waals surface area contributed by atoms with Gasteiger partial charge in [-0.3, -0.25) is 37.3 Å². The van der Waals surface area contributed by atoms with Crippen LogP contribution in [0.1, 0.15) is 279 Å². The van der Waals surface area contributed by atoms with Gasteiger partial charge in [0.1, 0.15) is 19.3 Å². The zero-order chi connectivity index (χ0) is 57.3. The Labute approximate surface area is 467 Å². The largest absolute Gasteiger partial charge is 0.472 e. The maximum atomic E-state index is 12.9. The Kier molecular flexibility index (Phi) is 49.7. The third-order valence-corrected chi connectivity index (χ3v) is 15.1. The number of phosphoric ester groups is 2. The summed E-state index contributed by atoms with van der Waals surface area (Å²) in [4.78, 5) is 71.6. The highest BCUT2D eigenvalue weighted by atomic mass is 31.2. The predicted octanol–water partition coefficient (Wildman–Crippen LogP) is 15.3. The monoisotopic (exact) mass is 1140 g/mol. The van der Waals surface area contributed by atoms with Crippen molar-refractivity contribution in [3.05, 3.63) is 0 Å². The van der Waals surface area contributed by atoms with Gasteiger partial charge in [0.25, 0.3) is 0 Å². The molecule has 0 aromatic carbocycles. The lowest BCUT2D eigenvalue weighted by molar-refractivity contribution is -0.161. The van der Waals surface area contributed by atoms with Crippen molar-refractivity contribution in [1.82, 2.24) is 0 Å². The van der Waals surface area contributed by atoms with E-state index in [4.69, 9.17) is 37.0 Å². The summed E-state index contributed by atoms with van der Waals surface area (Å²) in [5.74, 6) is -0.713. The van der Waals surface area contributed by atoms with Crippen LogP contribution in [0.2, 0.25) is 0 Å². The molecule has 456 valence electrons. The first-order valence-corrected chi connectivity index (χ1v) is 33.5. The second-order valence-electron chi connectivity index (χ2n) is 22.0. The van der Waals surface area contributed by atoms with E-state index < -0.39 is 97.5 Å². The summed E-state index contributed by atoms with van der Waals surface area (Å²) in [6.07, 6.45) is 31.1. The Balaban J connectivity index is 5.19. The van der Waals surface area contributed by atoms with Crippen LogP contribution < -0.4 is 0 Å². The average molecular weight is 1140 g/mol. The van der Waals surface area contributed by atoms with Crippen LogP contribution in [0.5, 0.6) is 0 Å². The third-order valence-electron chi connectivity index (χ3n) is 13.2. The standard InChI is InChI=1S/C58H112O17P2/c1-7-9-11-13-14-15-18-23-30-36-42-57(62)74-53(46-68-55(60)40-34-26-12-10-8-2)48-72-76(64,65)70-44-52(59)45-71-77(66,67)73-49-54(47-69-56(61)41-35-29-25-20-22-28-33-39-51(5)6)75-58(63)43-37-31-24-19-16-17-21-27-32-38-50(3)4/h50-54,59H,7-49H2,1-6H3,(H,64,65)(H,66,67)/t52-,53+,54+/m0/s1. The summed E-state index contributed by atoms with van der Waals surface area (Å²) in [6.45, 7) is 9.27. The van der Waals surface area contributed by atoms with E-state index in [1.165, 1.54) is 83.5 Å². The van der Waals surface area contributed by atoms with Gasteiger partial charge < -0.3 is 33.8 Å². The number of phosphoric acid groups is 2. The second kappa shape index (κ2) is 51.0. The number of hydrogen-bond acceptors (Lipinski definition) is 15. The molecule has 5 atom stereocenters. The van der Waals surface area contributed by atoms with E-state index in [2.05, 4.69) is 41.5 Å². The molecule has 0 amide bonds. The van der Waals surface area contributed by atoms with Crippen LogP contribution >= 0.6 is 15.6 Å². The molecule has 0 radical (unpaired) electrons. The smallest absolute Gasteiger partial charge is 0.462 e. The summed E-state index contributed by atoms with van der Waals surface area (Å²) in [5.41, 5.74) is 0. The first kappa shape index (κ1) is 75.1. The number of carbonyl (C=O) groups excluding carboxylic acids is 4. The number of esters is 4. The van der Waals surface area contributed by atoms with E-state index >= 15 is 0 Å². The molecule has 0 aliphatic rings. The van der Waals surface area contributed by atoms with Gasteiger partial charge in [-0.05, 0) is 37.5 Å². The predicted molar refractivity (Wildman–Crippen MR) is 303 cm³/mol. The van der Waals surface area contributed by atoms with Crippen molar-refractivity contribution in [2.45, 2.75) is 297 Å². The Morgan fingerprint density at radius 1 is 0.351 bits per heavy atom. The number of aliphatic hydroxyl groups excluding tert-OH is 1. The van der Waals surface area contributed by atoms with Crippen molar-refractivity contribution in [3.8, 4) is 0 Å². The van der Waals surface area contributed by atoms with Crippen LogP contribution in [0, 0.1) is 11.8 Å². The quantitative estimate of drug-likeness (QED) is 0.0222. The highest BCUT2D eigenvalue weighted by Crippen LogP contribution is 2.45. The van der Waals surface area contributed by atoms with Crippen LogP contribution in [0.4, 0.5) is 0 Å². The minimum atomic E-state index is -4.94. The lowest BCUT2D eigenvalue weighted by atomic mass is 10.0. The first-order valence-electron chi connectivity index (χ1n) is 30.5. The Morgan fingerprint density at radius 2 is 0.597 bits per heavy atom. The summed E-state index contributed by atoms with van der Waals surface area (Å²) < 4.78 is 67.5. The van der Waals surface area contributed by atoms with Crippen molar-refractivity contribution >= 4 is 39.5 Å². The molecule has 0 fully saturated rings. The molecule has 0 aromatic heterocycles. The van der Waals surface area contributed by atoms with Gasteiger partial charge in [0.15, 0.2) is 12.2 Å². The van der Waals surface area contributed by atoms with Gasteiger partial charge >= 0.3 is 39.5 Å². The molecule has 0 saturated carbocycles. The molecule has 0 spiro atoms. The average Bonchev–Trinajstić information content (AvgIpc) is 3.38. The topological polar surface area (TPSA) is 237 Å². The van der Waals surface area contributed by atoms with E-state index in [1.54, 1.807) is 0 Å². The van der Waals surface area contributed by atoms with Crippen molar-refractivity contribution in [2.24, 2.45) is 11.8 Å². The molecular weight excluding hydrogens is 1030 g/mol. The molecule has 19 heteroatoms. The van der Waals surface area contributed by atoms with Crippen LogP contribution in [0.15, 0.2) is 0 Å². The van der Waals surface area contributed by atoms with Crippen LogP contribution in [-0.4, -0.2) is 96.7 Å². The van der Waals surface area contributed by atoms with Gasteiger partial charge in [0.2, 0.25) is 0 Å². The van der Waals surface area contributed by atoms with E-state index in [0.29, 0.717) is 31.6 Å². The van der Waals surface area contributed by atoms with Crippen molar-refractivity contribution in [2.75, 3.05) is 39.6 Å². The maximum absolute atomic E-state index is 12.9. The van der Waals surface area contributed by atoms with Gasteiger partial charge in [-0.15, -0.1) is 0 Å². The van der Waals surface area contributed by atoms with Gasteiger partial charge in [-0.2, -0.15) is 0 Å². The molecule has 0 bridgehead atoms. The van der Waals surface area contributed by atoms with Crippen molar-refractivity contribution in [1.29, 1.82) is 0 Å². The van der Waals surface area contributed by atoms with Crippen LogP contribution in [-0.2, 0) is 65.4 Å². The lowest BCUT2D eigenvalue weighted by Crippen LogP contribution is -2.30. The fourth-order valence-electron chi connectivity index (χ4n) is 8.47. The molecule has 77 heavy (non-hydrogen) atoms. The zero-order valence-corrected chi connectivity index (χ0v) is 51.0. The summed E-state index contributed by atoms with van der Waals surface area (Å²) in [6, 6.07) is 0. The molecular formula is C58H112O17P2. The Hall–Kier alpha value is -1.94. The Morgan fingerprint density at radius 3 is 0.883 bits per heavy atom. The van der Waals surface area contributed by atoms with E-state index in [-0.39, 0.29) is 25.7 Å². The number of carbonyl (C=O) groups is 4. The normalized spacial score (nSPS) is 14.5. The molecule has 17 nitrogen and oxygen atoms in total. The Bertz CT molecular complexity index is 1530. The summed E-state index contributed by atoms with van der Waals surface area (Å²) in [5, 5.41) is 10.5. The molecule has 0 aliphatic carbocycles. The molecule has 0 aliphatic heterocycles. The fourth-order valence-corrected chi connectivity index (χ4v) is 10.0. The zero-order valence-electron chi connectivity index (χ0n) is 49.2. The van der Waals surface area contributed by atoms with Gasteiger partial charge in [-0.25, -0.2) is 9.13 Å². The van der Waals surface area contributed by atoms with Crippen LogP contribution in [0.3, 0.4) is 0 Å². The number of aliphatic hydroxyl groups is 1. The van der Waals surface area contributed by atoms with E-state index in [0.717, 1.165) is 109 Å². The van der Waals surface area contributed by atoms with Gasteiger partial charge in [-0.1, -0.05) is 228 Å². The summed E-state index contributed by atoms with van der Waals surface area (Å²) in [7, 11) is -9.87. The second-order valence-corrected chi connectivity index (χ2v) is 24.9. The molecule has 0 saturated heterocycles. The van der Waals surface area contributed by atoms with Gasteiger partial charge in [0.05, 0.1) is 26.4 Å². The molecule has 0 heterocycles. The number of unbranched alkanes of at least 4 members (excludes halogenated alkanes) is 27. The minimum absolute atomic E-state index is 0.104. The highest BCUT2D eigenvalue weighted by Gasteiger charge is 2.30. The van der Waals surface area contributed by atoms with Crippen LogP contribution in [0.25, 0.3) is 0 Å². The fraction of sp³-hybridized carbons (Fsp3) is 0.931. The van der Waals surface area contributed by atoms with E-state index in [9.17, 15) is 43.2 Å². The number of rotatable bonds is 57. The first-order chi connectivity index (χ1) is 36.9. The number of ether oxygens (including phenoxy) is 4. The molecule has 0 aromatic rings. The van der Waals surface area contributed by atoms with Crippen molar-refractivity contribution < 1.29 is 80.2 Å².